The molecule has 38 heavy (non-hydrogen) atoms. The summed E-state index contributed by atoms with van der Waals surface area (Å²) < 4.78 is 69.2. The van der Waals surface area contributed by atoms with E-state index >= 15 is 4.39 Å². The van der Waals surface area contributed by atoms with Gasteiger partial charge in [-0.25, -0.2) is 30.9 Å². The summed E-state index contributed by atoms with van der Waals surface area (Å²) in [6.45, 7) is 0.994. The summed E-state index contributed by atoms with van der Waals surface area (Å²) in [6.07, 6.45) is 4.01. The molecule has 2 aromatic heterocycles. The predicted molar refractivity (Wildman–Crippen MR) is 137 cm³/mol. The molecule has 1 aliphatic heterocycles. The second kappa shape index (κ2) is 10.5. The minimum atomic E-state index is -4.25. The summed E-state index contributed by atoms with van der Waals surface area (Å²) in [7, 11) is -3.10. The third kappa shape index (κ3) is 4.72. The fourth-order valence-corrected chi connectivity index (χ4v) is 6.11. The van der Waals surface area contributed by atoms with E-state index in [0.717, 1.165) is 17.3 Å². The molecule has 0 bridgehead atoms. The number of rotatable bonds is 6. The third-order valence-electron chi connectivity index (χ3n) is 6.49. The van der Waals surface area contributed by atoms with Crippen LogP contribution < -0.4 is 0 Å². The van der Waals surface area contributed by atoms with Gasteiger partial charge >= 0.3 is 5.97 Å². The van der Waals surface area contributed by atoms with Gasteiger partial charge in [0.1, 0.15) is 11.6 Å². The van der Waals surface area contributed by atoms with Gasteiger partial charge in [0.15, 0.2) is 5.65 Å². The van der Waals surface area contributed by atoms with E-state index in [-0.39, 0.29) is 44.2 Å². The molecule has 3 heterocycles. The molecule has 10 heteroatoms. The molecule has 0 N–H and O–H groups in total. The molecule has 0 radical (unpaired) electrons. The first-order valence-corrected chi connectivity index (χ1v) is 13.4. The van der Waals surface area contributed by atoms with Crippen molar-refractivity contribution in [3.63, 3.8) is 0 Å². The minimum absolute atomic E-state index is 0.00665. The van der Waals surface area contributed by atoms with Gasteiger partial charge in [-0.2, -0.15) is 0 Å². The van der Waals surface area contributed by atoms with Crippen LogP contribution in [0.4, 0.5) is 8.78 Å². The number of nitrogens with zero attached hydrogens (tertiary/aromatic N) is 2. The maximum atomic E-state index is 15.9. The van der Waals surface area contributed by atoms with Crippen LogP contribution in [0.25, 0.3) is 16.6 Å². The van der Waals surface area contributed by atoms with Crippen molar-refractivity contribution in [1.82, 2.24) is 8.96 Å². The zero-order chi connectivity index (χ0) is 26.9. The number of pyridine rings is 1. The Bertz CT molecular complexity index is 1640. The molecule has 1 fully saturated rings. The normalized spacial score (nSPS) is 15.1. The fraction of sp³-hybridized carbons (Fsp3) is 0.214. The zero-order valence-electron chi connectivity index (χ0n) is 20.4. The first kappa shape index (κ1) is 25.7. The highest BCUT2D eigenvalue weighted by atomic mass is 32.2. The SMILES string of the molecule is COC(=O)c1cccc(C(=CC2CCOCC2)c2cc3cc(F)cnc3n2S(=O)(=O)c2ccccc2)c1F. The van der Waals surface area contributed by atoms with Crippen molar-refractivity contribution in [2.45, 2.75) is 17.7 Å². The van der Waals surface area contributed by atoms with Crippen LogP contribution in [-0.4, -0.2) is 43.7 Å². The van der Waals surface area contributed by atoms with Crippen LogP contribution in [0.2, 0.25) is 0 Å². The smallest absolute Gasteiger partial charge is 0.340 e. The Kier molecular flexibility index (Phi) is 7.09. The molecule has 5 rings (SSSR count). The molecule has 2 aromatic carbocycles. The van der Waals surface area contributed by atoms with Crippen LogP contribution in [0.15, 0.2) is 77.8 Å². The molecule has 4 aromatic rings. The molecular formula is C28H24F2N2O5S. The summed E-state index contributed by atoms with van der Waals surface area (Å²) in [5, 5.41) is 0.224. The molecule has 0 atom stereocenters. The van der Waals surface area contributed by atoms with Crippen LogP contribution in [0.1, 0.15) is 34.5 Å². The molecular weight excluding hydrogens is 514 g/mol. The summed E-state index contributed by atoms with van der Waals surface area (Å²) in [6, 6.07) is 14.7. The van der Waals surface area contributed by atoms with Crippen molar-refractivity contribution in [2.24, 2.45) is 5.92 Å². The Morgan fingerprint density at radius 2 is 1.76 bits per heavy atom. The lowest BCUT2D eigenvalue weighted by molar-refractivity contribution is 0.0595. The van der Waals surface area contributed by atoms with Gasteiger partial charge in [0.2, 0.25) is 0 Å². The van der Waals surface area contributed by atoms with Crippen LogP contribution in [0.3, 0.4) is 0 Å². The molecule has 1 saturated heterocycles. The Balaban J connectivity index is 1.83. The van der Waals surface area contributed by atoms with Crippen molar-refractivity contribution in [3.8, 4) is 0 Å². The Morgan fingerprint density at radius 1 is 1.05 bits per heavy atom. The second-order valence-electron chi connectivity index (χ2n) is 8.87. The molecule has 196 valence electrons. The van der Waals surface area contributed by atoms with E-state index in [9.17, 15) is 17.6 Å². The lowest BCUT2D eigenvalue weighted by Gasteiger charge is -2.22. The predicted octanol–water partition coefficient (Wildman–Crippen LogP) is 5.20. The molecule has 0 saturated carbocycles. The van der Waals surface area contributed by atoms with E-state index in [4.69, 9.17) is 9.47 Å². The van der Waals surface area contributed by atoms with Gasteiger partial charge in [0, 0.05) is 29.7 Å². The van der Waals surface area contributed by atoms with Crippen molar-refractivity contribution >= 4 is 32.6 Å². The third-order valence-corrected chi connectivity index (χ3v) is 8.20. The minimum Gasteiger partial charge on any atom is -0.465 e. The standard InChI is InChI=1S/C28H24F2N2O5S/c1-36-28(33)23-9-5-8-22(26(23)30)24(14-18-10-12-37-13-11-18)25-16-19-15-20(29)17-31-27(19)32(25)38(34,35)21-6-3-2-4-7-21/h2-9,14-18H,10-13H2,1H3. The summed E-state index contributed by atoms with van der Waals surface area (Å²) in [5.41, 5.74) is 0.0351. The van der Waals surface area contributed by atoms with E-state index in [2.05, 4.69) is 4.98 Å². The average Bonchev–Trinajstić information content (AvgIpc) is 3.32. The number of hydrogen-bond acceptors (Lipinski definition) is 6. The number of hydrogen-bond donors (Lipinski definition) is 0. The maximum absolute atomic E-state index is 15.9. The van der Waals surface area contributed by atoms with Crippen LogP contribution >= 0.6 is 0 Å². The van der Waals surface area contributed by atoms with E-state index in [1.54, 1.807) is 24.3 Å². The van der Waals surface area contributed by atoms with Crippen molar-refractivity contribution in [1.29, 1.82) is 0 Å². The Hall–Kier alpha value is -3.89. The fourth-order valence-electron chi connectivity index (χ4n) is 4.61. The van der Waals surface area contributed by atoms with Crippen molar-refractivity contribution < 1.29 is 31.5 Å². The summed E-state index contributed by atoms with van der Waals surface area (Å²) in [5.74, 6) is -2.43. The van der Waals surface area contributed by atoms with Gasteiger partial charge < -0.3 is 9.47 Å². The molecule has 0 amide bonds. The number of benzene rings is 2. The first-order valence-electron chi connectivity index (χ1n) is 12.0. The Labute approximate surface area is 218 Å². The largest absolute Gasteiger partial charge is 0.465 e. The highest BCUT2D eigenvalue weighted by Gasteiger charge is 2.29. The maximum Gasteiger partial charge on any atom is 0.340 e. The quantitative estimate of drug-likeness (QED) is 0.314. The number of carbonyl (C=O) groups excluding carboxylic acids is 1. The number of fused-ring (bicyclic) bond motifs is 1. The van der Waals surface area contributed by atoms with Crippen LogP contribution in [0, 0.1) is 17.6 Å². The van der Waals surface area contributed by atoms with E-state index in [0.29, 0.717) is 26.1 Å². The summed E-state index contributed by atoms with van der Waals surface area (Å²) in [4.78, 5) is 16.4. The molecule has 0 aliphatic carbocycles. The van der Waals surface area contributed by atoms with Crippen LogP contribution in [-0.2, 0) is 19.5 Å². The van der Waals surface area contributed by atoms with Gasteiger partial charge in [-0.15, -0.1) is 0 Å². The number of carbonyl (C=O) groups is 1. The topological polar surface area (TPSA) is 87.5 Å². The number of halogens is 2. The lowest BCUT2D eigenvalue weighted by Crippen LogP contribution is -2.18. The molecule has 0 unspecified atom stereocenters. The number of methoxy groups -OCH3 is 1. The molecule has 7 nitrogen and oxygen atoms in total. The summed E-state index contributed by atoms with van der Waals surface area (Å²) >= 11 is 0. The highest BCUT2D eigenvalue weighted by molar-refractivity contribution is 7.90. The number of aromatic nitrogens is 2. The van der Waals surface area contributed by atoms with Gasteiger partial charge in [0.25, 0.3) is 10.0 Å². The van der Waals surface area contributed by atoms with Gasteiger partial charge in [-0.05, 0) is 49.1 Å². The van der Waals surface area contributed by atoms with E-state index in [1.165, 1.54) is 42.5 Å². The van der Waals surface area contributed by atoms with Crippen molar-refractivity contribution in [2.75, 3.05) is 20.3 Å². The number of ether oxygens (including phenoxy) is 2. The highest BCUT2D eigenvalue weighted by Crippen LogP contribution is 2.36. The van der Waals surface area contributed by atoms with Gasteiger partial charge in [-0.3, -0.25) is 0 Å². The molecule has 1 aliphatic rings. The van der Waals surface area contributed by atoms with Gasteiger partial charge in [0.05, 0.1) is 29.5 Å². The number of allylic oxidation sites excluding steroid dienone is 1. The lowest BCUT2D eigenvalue weighted by atomic mass is 9.91. The zero-order valence-corrected chi connectivity index (χ0v) is 21.3. The second-order valence-corrected chi connectivity index (χ2v) is 10.7. The number of esters is 1. The van der Waals surface area contributed by atoms with E-state index in [1.807, 2.05) is 0 Å². The van der Waals surface area contributed by atoms with Crippen molar-refractivity contribution in [3.05, 3.63) is 101 Å². The molecule has 0 spiro atoms. The first-order chi connectivity index (χ1) is 18.3. The average molecular weight is 539 g/mol. The Morgan fingerprint density at radius 3 is 2.47 bits per heavy atom. The monoisotopic (exact) mass is 538 g/mol. The van der Waals surface area contributed by atoms with Gasteiger partial charge in [-0.1, -0.05) is 36.4 Å². The van der Waals surface area contributed by atoms with E-state index < -0.39 is 27.6 Å². The van der Waals surface area contributed by atoms with Crippen LogP contribution in [0.5, 0.6) is 0 Å².